The van der Waals surface area contributed by atoms with Gasteiger partial charge in [0.15, 0.2) is 6.61 Å². The van der Waals surface area contributed by atoms with E-state index in [4.69, 9.17) is 9.26 Å². The average molecular weight is 502 g/mol. The molecular weight excluding hydrogens is 475 g/mol. The Balaban J connectivity index is 1.12. The monoisotopic (exact) mass is 501 g/mol. The number of benzene rings is 1. The SMILES string of the molecule is O=C(COc1cccc(C(F)(F)F)c1)N1CCN(c2ccc(-c3noc(C4CCCC4)n3)cn2)CC1. The standard InChI is InChI=1S/C25H26F3N5O3/c26-25(27,28)19-6-3-7-20(14-19)35-16-22(34)33-12-10-32(11-13-33)21-9-8-18(15-29-21)23-30-24(36-31-23)17-4-1-2-5-17/h3,6-9,14-15,17H,1-2,4-5,10-13,16H2. The minimum atomic E-state index is -4.46. The Morgan fingerprint density at radius 2 is 1.86 bits per heavy atom. The van der Waals surface area contributed by atoms with E-state index in [0.717, 1.165) is 36.4 Å². The fraction of sp³-hybridized carbons (Fsp3) is 0.440. The van der Waals surface area contributed by atoms with Crippen LogP contribution >= 0.6 is 0 Å². The predicted molar refractivity (Wildman–Crippen MR) is 124 cm³/mol. The summed E-state index contributed by atoms with van der Waals surface area (Å²) in [6.07, 6.45) is 1.82. The maximum atomic E-state index is 12.9. The van der Waals surface area contributed by atoms with Crippen LogP contribution in [0.5, 0.6) is 5.75 Å². The fourth-order valence-electron chi connectivity index (χ4n) is 4.58. The number of carbonyl (C=O) groups is 1. The van der Waals surface area contributed by atoms with E-state index in [9.17, 15) is 18.0 Å². The van der Waals surface area contributed by atoms with E-state index in [1.54, 1.807) is 11.1 Å². The molecule has 8 nitrogen and oxygen atoms in total. The molecule has 0 bridgehead atoms. The normalized spacial score (nSPS) is 17.0. The van der Waals surface area contributed by atoms with Gasteiger partial charge >= 0.3 is 6.18 Å². The summed E-state index contributed by atoms with van der Waals surface area (Å²) in [5, 5.41) is 4.11. The highest BCUT2D eigenvalue weighted by Crippen LogP contribution is 2.34. The number of anilines is 1. The average Bonchev–Trinajstić information content (AvgIpc) is 3.60. The molecule has 2 aromatic heterocycles. The molecule has 1 saturated carbocycles. The fourth-order valence-corrected chi connectivity index (χ4v) is 4.58. The van der Waals surface area contributed by atoms with Crippen LogP contribution in [-0.4, -0.2) is 58.7 Å². The van der Waals surface area contributed by atoms with Gasteiger partial charge in [-0.25, -0.2) is 4.98 Å². The van der Waals surface area contributed by atoms with Gasteiger partial charge in [-0.05, 0) is 43.2 Å². The zero-order chi connectivity index (χ0) is 25.1. The van der Waals surface area contributed by atoms with Crippen molar-refractivity contribution >= 4 is 11.7 Å². The van der Waals surface area contributed by atoms with Crippen LogP contribution in [0.2, 0.25) is 0 Å². The van der Waals surface area contributed by atoms with Crippen LogP contribution in [0.1, 0.15) is 43.1 Å². The van der Waals surface area contributed by atoms with Crippen molar-refractivity contribution in [3.8, 4) is 17.1 Å². The largest absolute Gasteiger partial charge is 0.484 e. The van der Waals surface area contributed by atoms with Gasteiger partial charge < -0.3 is 19.1 Å². The molecule has 0 atom stereocenters. The lowest BCUT2D eigenvalue weighted by atomic mass is 10.1. The number of aromatic nitrogens is 3. The van der Waals surface area contributed by atoms with Gasteiger partial charge in [0, 0.05) is 43.9 Å². The molecule has 1 saturated heterocycles. The van der Waals surface area contributed by atoms with Crippen LogP contribution < -0.4 is 9.64 Å². The third-order valence-electron chi connectivity index (χ3n) is 6.63. The first-order chi connectivity index (χ1) is 17.4. The van der Waals surface area contributed by atoms with E-state index >= 15 is 0 Å². The second kappa shape index (κ2) is 10.2. The minimum Gasteiger partial charge on any atom is -0.484 e. The number of carbonyl (C=O) groups excluding carboxylic acids is 1. The van der Waals surface area contributed by atoms with Crippen molar-refractivity contribution in [2.24, 2.45) is 0 Å². The van der Waals surface area contributed by atoms with Crippen LogP contribution in [0.15, 0.2) is 47.1 Å². The summed E-state index contributed by atoms with van der Waals surface area (Å²) < 4.78 is 49.3. The Labute approximate surface area is 206 Å². The number of halogens is 3. The van der Waals surface area contributed by atoms with E-state index < -0.39 is 11.7 Å². The van der Waals surface area contributed by atoms with Gasteiger partial charge in [0.2, 0.25) is 11.7 Å². The molecule has 5 rings (SSSR count). The predicted octanol–water partition coefficient (Wildman–Crippen LogP) is 4.54. The number of ether oxygens (including phenoxy) is 1. The lowest BCUT2D eigenvalue weighted by Crippen LogP contribution is -2.50. The van der Waals surface area contributed by atoms with Crippen molar-refractivity contribution in [3.05, 3.63) is 54.0 Å². The number of pyridine rings is 1. The highest BCUT2D eigenvalue weighted by atomic mass is 19.4. The molecule has 2 fully saturated rings. The maximum absolute atomic E-state index is 12.9. The summed E-state index contributed by atoms with van der Waals surface area (Å²) in [5.41, 5.74) is -0.0273. The van der Waals surface area contributed by atoms with E-state index in [1.807, 2.05) is 12.1 Å². The summed E-state index contributed by atoms with van der Waals surface area (Å²) in [5.74, 6) is 2.11. The Morgan fingerprint density at radius 3 is 2.56 bits per heavy atom. The molecule has 2 aliphatic rings. The number of hydrogen-bond acceptors (Lipinski definition) is 7. The molecule has 0 unspecified atom stereocenters. The molecule has 3 heterocycles. The van der Waals surface area contributed by atoms with E-state index in [1.165, 1.54) is 25.0 Å². The van der Waals surface area contributed by atoms with Crippen LogP contribution in [-0.2, 0) is 11.0 Å². The summed E-state index contributed by atoms with van der Waals surface area (Å²) in [6, 6.07) is 8.32. The lowest BCUT2D eigenvalue weighted by molar-refractivity contribution is -0.137. The number of rotatable bonds is 6. The zero-order valence-corrected chi connectivity index (χ0v) is 19.6. The molecule has 0 N–H and O–H groups in total. The highest BCUT2D eigenvalue weighted by molar-refractivity contribution is 5.78. The third kappa shape index (κ3) is 5.44. The Morgan fingerprint density at radius 1 is 1.08 bits per heavy atom. The van der Waals surface area contributed by atoms with Crippen molar-refractivity contribution in [3.63, 3.8) is 0 Å². The van der Waals surface area contributed by atoms with Gasteiger partial charge in [-0.1, -0.05) is 24.1 Å². The van der Waals surface area contributed by atoms with Gasteiger partial charge in [-0.3, -0.25) is 4.79 Å². The molecule has 36 heavy (non-hydrogen) atoms. The highest BCUT2D eigenvalue weighted by Gasteiger charge is 2.31. The van der Waals surface area contributed by atoms with E-state index in [2.05, 4.69) is 20.0 Å². The summed E-state index contributed by atoms with van der Waals surface area (Å²) in [4.78, 5) is 25.3. The maximum Gasteiger partial charge on any atom is 0.416 e. The molecule has 1 amide bonds. The summed E-state index contributed by atoms with van der Waals surface area (Å²) >= 11 is 0. The number of alkyl halides is 3. The van der Waals surface area contributed by atoms with Gasteiger partial charge in [0.1, 0.15) is 11.6 Å². The van der Waals surface area contributed by atoms with Crippen LogP contribution in [0.4, 0.5) is 19.0 Å². The second-order valence-electron chi connectivity index (χ2n) is 9.02. The molecule has 190 valence electrons. The summed E-state index contributed by atoms with van der Waals surface area (Å²) in [7, 11) is 0. The van der Waals surface area contributed by atoms with Crippen LogP contribution in [0, 0.1) is 0 Å². The van der Waals surface area contributed by atoms with Gasteiger partial charge in [-0.2, -0.15) is 18.2 Å². The van der Waals surface area contributed by atoms with Gasteiger partial charge in [0.25, 0.3) is 5.91 Å². The Hall–Kier alpha value is -3.63. The molecular formula is C25H26F3N5O3. The van der Waals surface area contributed by atoms with Gasteiger partial charge in [-0.15, -0.1) is 0 Å². The molecule has 11 heteroatoms. The first-order valence-corrected chi connectivity index (χ1v) is 12.0. The van der Waals surface area contributed by atoms with Crippen LogP contribution in [0.25, 0.3) is 11.4 Å². The van der Waals surface area contributed by atoms with E-state index in [0.29, 0.717) is 43.8 Å². The lowest BCUT2D eigenvalue weighted by Gasteiger charge is -2.35. The second-order valence-corrected chi connectivity index (χ2v) is 9.02. The van der Waals surface area contributed by atoms with E-state index in [-0.39, 0.29) is 18.3 Å². The molecule has 1 aliphatic carbocycles. The molecule has 1 aromatic carbocycles. The third-order valence-corrected chi connectivity index (χ3v) is 6.63. The van der Waals surface area contributed by atoms with Crippen molar-refractivity contribution in [2.45, 2.75) is 37.8 Å². The molecule has 1 aliphatic heterocycles. The Bertz CT molecular complexity index is 1180. The van der Waals surface area contributed by atoms with Gasteiger partial charge in [0.05, 0.1) is 5.56 Å². The first-order valence-electron chi connectivity index (χ1n) is 12.0. The number of amides is 1. The van der Waals surface area contributed by atoms with Crippen molar-refractivity contribution in [1.29, 1.82) is 0 Å². The minimum absolute atomic E-state index is 0.0121. The Kier molecular flexibility index (Phi) is 6.80. The van der Waals surface area contributed by atoms with Crippen molar-refractivity contribution < 1.29 is 27.2 Å². The zero-order valence-electron chi connectivity index (χ0n) is 19.6. The summed E-state index contributed by atoms with van der Waals surface area (Å²) in [6.45, 7) is 1.76. The number of nitrogens with zero attached hydrogens (tertiary/aromatic N) is 5. The molecule has 3 aromatic rings. The van der Waals surface area contributed by atoms with Crippen molar-refractivity contribution in [2.75, 3.05) is 37.7 Å². The smallest absolute Gasteiger partial charge is 0.416 e. The molecule has 0 spiro atoms. The number of hydrogen-bond donors (Lipinski definition) is 0. The topological polar surface area (TPSA) is 84.6 Å². The quantitative estimate of drug-likeness (QED) is 0.491. The number of piperazine rings is 1. The van der Waals surface area contributed by atoms with Crippen molar-refractivity contribution in [1.82, 2.24) is 20.0 Å². The first kappa shape index (κ1) is 24.1. The van der Waals surface area contributed by atoms with Crippen LogP contribution in [0.3, 0.4) is 0 Å². The molecule has 0 radical (unpaired) electrons.